The van der Waals surface area contributed by atoms with E-state index in [2.05, 4.69) is 17.0 Å². The lowest BCUT2D eigenvalue weighted by Crippen LogP contribution is -2.50. The Labute approximate surface area is 66.6 Å². The van der Waals surface area contributed by atoms with Crippen LogP contribution in [0.25, 0.3) is 0 Å². The smallest absolute Gasteiger partial charge is 0.213 e. The number of rotatable bonds is 0. The van der Waals surface area contributed by atoms with Crippen LogP contribution in [0.2, 0.25) is 0 Å². The molecule has 1 heterocycles. The normalized spacial score (nSPS) is 22.3. The van der Waals surface area contributed by atoms with Crippen LogP contribution in [0.5, 0.6) is 0 Å². The lowest BCUT2D eigenvalue weighted by atomic mass is 10.3. The van der Waals surface area contributed by atoms with Crippen LogP contribution in [0.15, 0.2) is 5.10 Å². The predicted octanol–water partition coefficient (Wildman–Crippen LogP) is -1.58. The van der Waals surface area contributed by atoms with E-state index in [1.54, 1.807) is 0 Å². The lowest BCUT2D eigenvalue weighted by molar-refractivity contribution is 0.214. The third kappa shape index (κ3) is 1.98. The molecule has 0 aromatic carbocycles. The topological polar surface area (TPSA) is 70.9 Å². The molecule has 0 saturated carbocycles. The Morgan fingerprint density at radius 2 is 1.82 bits per heavy atom. The van der Waals surface area contributed by atoms with Crippen molar-refractivity contribution in [3.63, 3.8) is 0 Å². The summed E-state index contributed by atoms with van der Waals surface area (Å²) in [7, 11) is 2.09. The van der Waals surface area contributed by atoms with Gasteiger partial charge in [-0.15, -0.1) is 5.10 Å². The van der Waals surface area contributed by atoms with Gasteiger partial charge in [-0.05, 0) is 7.05 Å². The number of guanidine groups is 1. The summed E-state index contributed by atoms with van der Waals surface area (Å²) in [6.07, 6.45) is 0. The SMILES string of the molecule is CN1CCN(/C(N)=N/N)CC1. The van der Waals surface area contributed by atoms with Crippen LogP contribution in [0.1, 0.15) is 0 Å². The third-order valence-corrected chi connectivity index (χ3v) is 1.96. The van der Waals surface area contributed by atoms with E-state index >= 15 is 0 Å². The van der Waals surface area contributed by atoms with Gasteiger partial charge in [0.05, 0.1) is 0 Å². The minimum Gasteiger partial charge on any atom is -0.368 e. The average molecular weight is 157 g/mol. The molecular weight excluding hydrogens is 142 g/mol. The van der Waals surface area contributed by atoms with Crippen LogP contribution in [-0.2, 0) is 0 Å². The van der Waals surface area contributed by atoms with Crippen molar-refractivity contribution in [2.75, 3.05) is 33.2 Å². The van der Waals surface area contributed by atoms with Crippen molar-refractivity contribution in [3.05, 3.63) is 0 Å². The number of hydrazone groups is 1. The van der Waals surface area contributed by atoms with Crippen LogP contribution >= 0.6 is 0 Å². The monoisotopic (exact) mass is 157 g/mol. The molecule has 0 aliphatic carbocycles. The highest BCUT2D eigenvalue weighted by atomic mass is 15.4. The summed E-state index contributed by atoms with van der Waals surface area (Å²) in [4.78, 5) is 4.24. The van der Waals surface area contributed by atoms with Crippen molar-refractivity contribution < 1.29 is 0 Å². The Morgan fingerprint density at radius 3 is 2.27 bits per heavy atom. The highest BCUT2D eigenvalue weighted by molar-refractivity contribution is 5.77. The zero-order valence-electron chi connectivity index (χ0n) is 6.82. The molecule has 1 saturated heterocycles. The summed E-state index contributed by atoms with van der Waals surface area (Å²) in [6.45, 7) is 3.89. The molecule has 0 atom stereocenters. The first-order valence-corrected chi connectivity index (χ1v) is 3.71. The van der Waals surface area contributed by atoms with Gasteiger partial charge in [0.1, 0.15) is 0 Å². The summed E-state index contributed by atoms with van der Waals surface area (Å²) in [6, 6.07) is 0. The van der Waals surface area contributed by atoms with E-state index < -0.39 is 0 Å². The third-order valence-electron chi connectivity index (χ3n) is 1.96. The van der Waals surface area contributed by atoms with Crippen molar-refractivity contribution in [1.29, 1.82) is 0 Å². The van der Waals surface area contributed by atoms with Crippen molar-refractivity contribution in [2.45, 2.75) is 0 Å². The second-order valence-electron chi connectivity index (χ2n) is 2.78. The molecule has 0 spiro atoms. The van der Waals surface area contributed by atoms with Gasteiger partial charge < -0.3 is 21.4 Å². The van der Waals surface area contributed by atoms with Gasteiger partial charge in [-0.3, -0.25) is 0 Å². The van der Waals surface area contributed by atoms with Gasteiger partial charge in [0, 0.05) is 26.2 Å². The summed E-state index contributed by atoms with van der Waals surface area (Å²) < 4.78 is 0. The first-order chi connectivity index (χ1) is 5.24. The van der Waals surface area contributed by atoms with Crippen LogP contribution in [0.3, 0.4) is 0 Å². The fourth-order valence-corrected chi connectivity index (χ4v) is 1.12. The van der Waals surface area contributed by atoms with Gasteiger partial charge in [0.25, 0.3) is 0 Å². The number of likely N-dealkylation sites (N-methyl/N-ethyl adjacent to an activating group) is 1. The Bertz CT molecular complexity index is 147. The Hall–Kier alpha value is -0.970. The Balaban J connectivity index is 2.39. The molecule has 0 aromatic heterocycles. The Kier molecular flexibility index (Phi) is 2.53. The maximum absolute atomic E-state index is 5.53. The van der Waals surface area contributed by atoms with Crippen molar-refractivity contribution in [3.8, 4) is 0 Å². The van der Waals surface area contributed by atoms with Crippen LogP contribution in [0.4, 0.5) is 0 Å². The molecule has 1 rings (SSSR count). The Morgan fingerprint density at radius 1 is 1.27 bits per heavy atom. The number of hydrogen-bond donors (Lipinski definition) is 2. The lowest BCUT2D eigenvalue weighted by Gasteiger charge is -2.32. The molecule has 0 bridgehead atoms. The largest absolute Gasteiger partial charge is 0.368 e. The molecule has 5 nitrogen and oxygen atoms in total. The van der Waals surface area contributed by atoms with Crippen LogP contribution in [-0.4, -0.2) is 49.0 Å². The molecule has 4 N–H and O–H groups in total. The van der Waals surface area contributed by atoms with Gasteiger partial charge in [0.15, 0.2) is 0 Å². The minimum atomic E-state index is 0.443. The summed E-state index contributed by atoms with van der Waals surface area (Å²) in [5, 5.41) is 3.44. The number of nitrogens with two attached hydrogens (primary N) is 2. The molecule has 0 amide bonds. The number of hydrogen-bond acceptors (Lipinski definition) is 3. The first-order valence-electron chi connectivity index (χ1n) is 3.71. The zero-order valence-corrected chi connectivity index (χ0v) is 6.82. The van der Waals surface area contributed by atoms with Crippen LogP contribution in [0, 0.1) is 0 Å². The van der Waals surface area contributed by atoms with E-state index in [1.165, 1.54) is 0 Å². The minimum absolute atomic E-state index is 0.443. The van der Waals surface area contributed by atoms with E-state index in [9.17, 15) is 0 Å². The van der Waals surface area contributed by atoms with E-state index in [0.717, 1.165) is 26.2 Å². The fourth-order valence-electron chi connectivity index (χ4n) is 1.12. The molecule has 1 aliphatic rings. The standard InChI is InChI=1S/C6H15N5/c1-10-2-4-11(5-3-10)6(7)9-8/h2-5,8H2,1H3,(H2,7,9). The molecule has 1 aliphatic heterocycles. The van der Waals surface area contributed by atoms with E-state index in [0.29, 0.717) is 5.96 Å². The van der Waals surface area contributed by atoms with Crippen molar-refractivity contribution in [1.82, 2.24) is 9.80 Å². The molecule has 11 heavy (non-hydrogen) atoms. The number of nitrogens with zero attached hydrogens (tertiary/aromatic N) is 3. The van der Waals surface area contributed by atoms with Gasteiger partial charge >= 0.3 is 0 Å². The second kappa shape index (κ2) is 3.43. The second-order valence-corrected chi connectivity index (χ2v) is 2.78. The molecule has 0 unspecified atom stereocenters. The molecule has 0 aromatic rings. The van der Waals surface area contributed by atoms with Gasteiger partial charge in [-0.25, -0.2) is 0 Å². The van der Waals surface area contributed by atoms with Gasteiger partial charge in [-0.1, -0.05) is 0 Å². The van der Waals surface area contributed by atoms with Gasteiger partial charge in [-0.2, -0.15) is 0 Å². The molecule has 0 radical (unpaired) electrons. The predicted molar refractivity (Wildman–Crippen MR) is 44.9 cm³/mol. The molecular formula is C6H15N5. The van der Waals surface area contributed by atoms with Crippen molar-refractivity contribution >= 4 is 5.96 Å². The molecule has 64 valence electrons. The number of piperazine rings is 1. The summed E-state index contributed by atoms with van der Waals surface area (Å²) >= 11 is 0. The average Bonchev–Trinajstić information content (AvgIpc) is 2.05. The van der Waals surface area contributed by atoms with Crippen molar-refractivity contribution in [2.24, 2.45) is 16.7 Å². The molecule has 5 heteroatoms. The molecule has 1 fully saturated rings. The summed E-state index contributed by atoms with van der Waals surface area (Å²) in [5.41, 5.74) is 5.53. The maximum Gasteiger partial charge on any atom is 0.213 e. The quantitative estimate of drug-likeness (QED) is 0.193. The van der Waals surface area contributed by atoms with Crippen LogP contribution < -0.4 is 11.6 Å². The van der Waals surface area contributed by atoms with Gasteiger partial charge in [0.2, 0.25) is 5.96 Å². The van der Waals surface area contributed by atoms with E-state index in [4.69, 9.17) is 11.6 Å². The highest BCUT2D eigenvalue weighted by Gasteiger charge is 2.14. The van der Waals surface area contributed by atoms with E-state index in [-0.39, 0.29) is 0 Å². The first kappa shape index (κ1) is 8.13. The zero-order chi connectivity index (χ0) is 8.27. The highest BCUT2D eigenvalue weighted by Crippen LogP contribution is 1.97. The maximum atomic E-state index is 5.53. The van der Waals surface area contributed by atoms with E-state index in [1.807, 2.05) is 4.90 Å². The fraction of sp³-hybridized carbons (Fsp3) is 0.833. The summed E-state index contributed by atoms with van der Waals surface area (Å²) in [5.74, 6) is 5.49.